The average molecular weight is 268 g/mol. The van der Waals surface area contributed by atoms with E-state index in [-0.39, 0.29) is 17.4 Å². The Kier molecular flexibility index (Phi) is 3.52. The van der Waals surface area contributed by atoms with Crippen molar-refractivity contribution in [2.45, 2.75) is 13.0 Å². The normalized spacial score (nSPS) is 12.4. The van der Waals surface area contributed by atoms with Crippen molar-refractivity contribution in [1.29, 1.82) is 0 Å². The van der Waals surface area contributed by atoms with Crippen LogP contribution in [0.4, 0.5) is 20.2 Å². The van der Waals surface area contributed by atoms with Gasteiger partial charge in [-0.2, -0.15) is 0 Å². The maximum absolute atomic E-state index is 13.8. The fraction of sp³-hybridized carbons (Fsp3) is 0.231. The maximum Gasteiger partial charge on any atom is 0.184 e. The van der Waals surface area contributed by atoms with Gasteiger partial charge < -0.3 is 10.6 Å². The third-order valence-electron chi connectivity index (χ3n) is 2.99. The van der Waals surface area contributed by atoms with Crippen molar-refractivity contribution in [2.24, 2.45) is 0 Å². The first-order valence-corrected chi connectivity index (χ1v) is 6.40. The summed E-state index contributed by atoms with van der Waals surface area (Å²) in [6.45, 7) is 1.93. The number of hydrogen-bond donors (Lipinski definition) is 1. The van der Waals surface area contributed by atoms with Crippen molar-refractivity contribution in [3.63, 3.8) is 0 Å². The van der Waals surface area contributed by atoms with Crippen LogP contribution in [0.5, 0.6) is 0 Å². The average Bonchev–Trinajstić information content (AvgIpc) is 2.87. The second kappa shape index (κ2) is 4.94. The minimum absolute atomic E-state index is 0.0661. The molecule has 5 heteroatoms. The van der Waals surface area contributed by atoms with E-state index in [1.807, 2.05) is 24.4 Å². The largest absolute Gasteiger partial charge is 0.397 e. The molecular formula is C13H14F2N2S. The molecule has 2 aromatic rings. The van der Waals surface area contributed by atoms with Crippen LogP contribution in [-0.2, 0) is 0 Å². The summed E-state index contributed by atoms with van der Waals surface area (Å²) in [6.07, 6.45) is 0. The lowest BCUT2D eigenvalue weighted by atomic mass is 10.1. The Bertz CT molecular complexity index is 540. The summed E-state index contributed by atoms with van der Waals surface area (Å²) in [5, 5.41) is 1.95. The molecule has 96 valence electrons. The summed E-state index contributed by atoms with van der Waals surface area (Å²) in [6, 6.07) is 6.24. The number of nitrogens with two attached hydrogens (primary N) is 1. The van der Waals surface area contributed by atoms with Crippen LogP contribution in [0.1, 0.15) is 17.8 Å². The highest BCUT2D eigenvalue weighted by atomic mass is 32.1. The topological polar surface area (TPSA) is 29.3 Å². The van der Waals surface area contributed by atoms with Crippen LogP contribution >= 0.6 is 11.3 Å². The minimum Gasteiger partial charge on any atom is -0.397 e. The number of rotatable bonds is 3. The molecular weight excluding hydrogens is 254 g/mol. The monoisotopic (exact) mass is 268 g/mol. The third kappa shape index (κ3) is 2.18. The summed E-state index contributed by atoms with van der Waals surface area (Å²) >= 11 is 1.57. The molecule has 1 unspecified atom stereocenters. The summed E-state index contributed by atoms with van der Waals surface area (Å²) in [5.41, 5.74) is 6.08. The second-order valence-corrected chi connectivity index (χ2v) is 5.08. The molecule has 0 saturated carbocycles. The van der Waals surface area contributed by atoms with Crippen molar-refractivity contribution >= 4 is 22.7 Å². The van der Waals surface area contributed by atoms with Crippen molar-refractivity contribution in [3.05, 3.63) is 46.2 Å². The molecule has 1 heterocycles. The molecule has 0 fully saturated rings. The van der Waals surface area contributed by atoms with Gasteiger partial charge in [-0.3, -0.25) is 0 Å². The highest BCUT2D eigenvalue weighted by Crippen LogP contribution is 2.34. The lowest BCUT2D eigenvalue weighted by Crippen LogP contribution is -2.23. The zero-order valence-electron chi connectivity index (χ0n) is 10.2. The van der Waals surface area contributed by atoms with E-state index in [0.717, 1.165) is 10.9 Å². The molecule has 0 aliphatic heterocycles. The molecule has 2 N–H and O–H groups in total. The summed E-state index contributed by atoms with van der Waals surface area (Å²) in [4.78, 5) is 2.72. The van der Waals surface area contributed by atoms with Gasteiger partial charge in [0, 0.05) is 11.9 Å². The molecule has 1 aromatic heterocycles. The molecule has 1 atom stereocenters. The van der Waals surface area contributed by atoms with Gasteiger partial charge in [0.2, 0.25) is 0 Å². The molecule has 0 saturated heterocycles. The zero-order valence-corrected chi connectivity index (χ0v) is 11.0. The first kappa shape index (κ1) is 12.8. The van der Waals surface area contributed by atoms with E-state index in [4.69, 9.17) is 5.73 Å². The van der Waals surface area contributed by atoms with E-state index in [9.17, 15) is 8.78 Å². The highest BCUT2D eigenvalue weighted by molar-refractivity contribution is 7.10. The second-order valence-electron chi connectivity index (χ2n) is 4.10. The summed E-state index contributed by atoms with van der Waals surface area (Å²) in [5.74, 6) is -1.79. The number of anilines is 2. The highest BCUT2D eigenvalue weighted by Gasteiger charge is 2.21. The Morgan fingerprint density at radius 2 is 2.00 bits per heavy atom. The van der Waals surface area contributed by atoms with Crippen LogP contribution in [0.15, 0.2) is 29.6 Å². The molecule has 2 nitrogen and oxygen atoms in total. The van der Waals surface area contributed by atoms with E-state index < -0.39 is 11.6 Å². The van der Waals surface area contributed by atoms with Gasteiger partial charge in [0.05, 0.1) is 17.4 Å². The van der Waals surface area contributed by atoms with Crippen LogP contribution < -0.4 is 10.6 Å². The summed E-state index contributed by atoms with van der Waals surface area (Å²) < 4.78 is 27.1. The maximum atomic E-state index is 13.8. The van der Waals surface area contributed by atoms with Gasteiger partial charge in [-0.25, -0.2) is 8.78 Å². The van der Waals surface area contributed by atoms with E-state index in [1.165, 1.54) is 6.07 Å². The molecule has 0 spiro atoms. The van der Waals surface area contributed by atoms with Gasteiger partial charge in [-0.15, -0.1) is 11.3 Å². The van der Waals surface area contributed by atoms with Crippen molar-refractivity contribution < 1.29 is 8.78 Å². The SMILES string of the molecule is CC(c1cccs1)N(C)c1c(N)ccc(F)c1F. The standard InChI is InChI=1S/C13H14F2N2S/c1-8(11-4-3-7-18-11)17(2)13-10(16)6-5-9(14)12(13)15/h3-8H,16H2,1-2H3. The number of benzene rings is 1. The Labute approximate surface area is 109 Å². The molecule has 0 aliphatic rings. The zero-order chi connectivity index (χ0) is 13.3. The van der Waals surface area contributed by atoms with Crippen molar-refractivity contribution in [1.82, 2.24) is 0 Å². The van der Waals surface area contributed by atoms with Crippen LogP contribution in [-0.4, -0.2) is 7.05 Å². The van der Waals surface area contributed by atoms with Gasteiger partial charge in [0.25, 0.3) is 0 Å². The molecule has 1 aromatic carbocycles. The first-order chi connectivity index (χ1) is 8.52. The van der Waals surface area contributed by atoms with E-state index >= 15 is 0 Å². The van der Waals surface area contributed by atoms with Crippen LogP contribution in [0.2, 0.25) is 0 Å². The Morgan fingerprint density at radius 1 is 1.28 bits per heavy atom. The van der Waals surface area contributed by atoms with Gasteiger partial charge in [-0.1, -0.05) is 6.07 Å². The Hall–Kier alpha value is -1.62. The van der Waals surface area contributed by atoms with Crippen LogP contribution in [0.3, 0.4) is 0 Å². The first-order valence-electron chi connectivity index (χ1n) is 5.52. The van der Waals surface area contributed by atoms with E-state index in [2.05, 4.69) is 0 Å². The predicted octanol–water partition coefficient (Wildman–Crippen LogP) is 3.81. The predicted molar refractivity (Wildman–Crippen MR) is 71.9 cm³/mol. The van der Waals surface area contributed by atoms with Gasteiger partial charge in [0.1, 0.15) is 0 Å². The fourth-order valence-corrected chi connectivity index (χ4v) is 2.65. The third-order valence-corrected chi connectivity index (χ3v) is 4.03. The molecule has 0 bridgehead atoms. The minimum atomic E-state index is -0.902. The van der Waals surface area contributed by atoms with Gasteiger partial charge in [-0.05, 0) is 30.5 Å². The Balaban J connectivity index is 2.40. The molecule has 0 amide bonds. The molecule has 0 aliphatic carbocycles. The molecule has 2 rings (SSSR count). The lowest BCUT2D eigenvalue weighted by molar-refractivity contribution is 0.505. The Morgan fingerprint density at radius 3 is 2.61 bits per heavy atom. The smallest absolute Gasteiger partial charge is 0.184 e. The van der Waals surface area contributed by atoms with Crippen LogP contribution in [0, 0.1) is 11.6 Å². The molecule has 18 heavy (non-hydrogen) atoms. The summed E-state index contributed by atoms with van der Waals surface area (Å²) in [7, 11) is 1.71. The number of thiophene rings is 1. The lowest BCUT2D eigenvalue weighted by Gasteiger charge is -2.27. The van der Waals surface area contributed by atoms with Crippen molar-refractivity contribution in [3.8, 4) is 0 Å². The van der Waals surface area contributed by atoms with Crippen LogP contribution in [0.25, 0.3) is 0 Å². The number of hydrogen-bond acceptors (Lipinski definition) is 3. The number of nitrogens with zero attached hydrogens (tertiary/aromatic N) is 1. The quantitative estimate of drug-likeness (QED) is 0.858. The fourth-order valence-electron chi connectivity index (χ4n) is 1.83. The van der Waals surface area contributed by atoms with E-state index in [1.54, 1.807) is 23.3 Å². The molecule has 0 radical (unpaired) electrons. The number of halogens is 2. The van der Waals surface area contributed by atoms with Crippen molar-refractivity contribution in [2.75, 3.05) is 17.7 Å². The van der Waals surface area contributed by atoms with Gasteiger partial charge >= 0.3 is 0 Å². The van der Waals surface area contributed by atoms with Gasteiger partial charge in [0.15, 0.2) is 11.6 Å². The van der Waals surface area contributed by atoms with E-state index in [0.29, 0.717) is 0 Å². The number of nitrogen functional groups attached to an aromatic ring is 1.